The summed E-state index contributed by atoms with van der Waals surface area (Å²) in [6.45, 7) is 2.30. The van der Waals surface area contributed by atoms with Gasteiger partial charge < -0.3 is 4.90 Å². The molecule has 1 aromatic heterocycles. The Morgan fingerprint density at radius 1 is 1.38 bits per heavy atom. The van der Waals surface area contributed by atoms with Crippen molar-refractivity contribution in [3.8, 4) is 0 Å². The standard InChI is InChI=1S/C8H10ClFN2OS.F6P/c1-5-11-3-6(14-5)4-12(2)8(13)7(9)10;1-7(2,3,4,5)6/h3,7H,4H2,1-2H3;/q;-1/p+1. The van der Waals surface area contributed by atoms with Gasteiger partial charge in [0.1, 0.15) is 0 Å². The summed E-state index contributed by atoms with van der Waals surface area (Å²) in [7, 11) is -9.14. The van der Waals surface area contributed by atoms with Crippen LogP contribution in [0.4, 0.5) is 29.6 Å². The van der Waals surface area contributed by atoms with Gasteiger partial charge in [-0.25, -0.2) is 9.37 Å². The number of amides is 1. The van der Waals surface area contributed by atoms with Gasteiger partial charge in [0.05, 0.1) is 11.4 Å². The maximum absolute atomic E-state index is 12.4. The molecule has 0 aromatic carbocycles. The Morgan fingerprint density at radius 2 is 1.81 bits per heavy atom. The Hall–Kier alpha value is -0.670. The van der Waals surface area contributed by atoms with E-state index in [0.29, 0.717) is 6.54 Å². The average Bonchev–Trinajstić information content (AvgIpc) is 2.57. The molecule has 0 saturated carbocycles. The van der Waals surface area contributed by atoms with Crippen molar-refractivity contribution in [1.82, 2.24) is 4.90 Å². The van der Waals surface area contributed by atoms with E-state index in [1.807, 2.05) is 6.92 Å². The number of aromatic amines is 1. The Kier molecular flexibility index (Phi) is 5.66. The fraction of sp³-hybridized carbons (Fsp3) is 0.500. The SMILES string of the molecule is Cc1[nH+]cc(CN(C)C(=O)C(F)Cl)s1.F[P-](F)(F)(F)(F)F. The van der Waals surface area contributed by atoms with Crippen molar-refractivity contribution in [1.29, 1.82) is 0 Å². The van der Waals surface area contributed by atoms with Crippen LogP contribution in [-0.4, -0.2) is 23.5 Å². The molecule has 21 heavy (non-hydrogen) atoms. The second-order valence-electron chi connectivity index (χ2n) is 3.87. The summed E-state index contributed by atoms with van der Waals surface area (Å²) in [5, 5.41) is 1.04. The van der Waals surface area contributed by atoms with Gasteiger partial charge in [-0.15, -0.1) is 0 Å². The minimum atomic E-state index is -10.7. The normalized spacial score (nSPS) is 16.1. The van der Waals surface area contributed by atoms with Gasteiger partial charge >= 0.3 is 33.0 Å². The first-order chi connectivity index (χ1) is 8.95. The molecule has 3 nitrogen and oxygen atoms in total. The molecule has 1 heterocycles. The number of halogens is 8. The molecule has 0 radical (unpaired) electrons. The number of nitrogens with zero attached hydrogens (tertiary/aromatic N) is 1. The topological polar surface area (TPSA) is 34.5 Å². The van der Waals surface area contributed by atoms with Crippen molar-refractivity contribution >= 4 is 36.7 Å². The Labute approximate surface area is 123 Å². The summed E-state index contributed by atoms with van der Waals surface area (Å²) < 4.78 is 71.6. The van der Waals surface area contributed by atoms with Gasteiger partial charge in [0, 0.05) is 14.0 Å². The van der Waals surface area contributed by atoms with Crippen molar-refractivity contribution in [2.24, 2.45) is 0 Å². The molecule has 1 aromatic rings. The molecule has 1 rings (SSSR count). The molecule has 0 fully saturated rings. The summed E-state index contributed by atoms with van der Waals surface area (Å²) in [5.41, 5.74) is -1.95. The number of H-pyrrole nitrogens is 1. The van der Waals surface area contributed by atoms with Crippen molar-refractivity contribution in [2.75, 3.05) is 7.05 Å². The monoisotopic (exact) mass is 382 g/mol. The second kappa shape index (κ2) is 5.85. The van der Waals surface area contributed by atoms with Crippen molar-refractivity contribution in [3.05, 3.63) is 16.1 Å². The van der Waals surface area contributed by atoms with Gasteiger partial charge in [-0.2, -0.15) is 0 Å². The number of aryl methyl sites for hydroxylation is 1. The molecule has 1 unspecified atom stereocenters. The van der Waals surface area contributed by atoms with Gasteiger partial charge in [0.15, 0.2) is 6.20 Å². The van der Waals surface area contributed by atoms with E-state index in [-0.39, 0.29) is 0 Å². The summed E-state index contributed by atoms with van der Waals surface area (Å²) in [6.07, 6.45) is 1.80. The first-order valence-electron chi connectivity index (χ1n) is 5.02. The number of carbonyl (C=O) groups is 1. The molecular weight excluding hydrogens is 372 g/mol. The Bertz CT molecular complexity index is 492. The van der Waals surface area contributed by atoms with Crippen LogP contribution in [0.25, 0.3) is 0 Å². The summed E-state index contributed by atoms with van der Waals surface area (Å²) >= 11 is 6.56. The molecular formula is C8H11ClF7N2OPS. The van der Waals surface area contributed by atoms with Crippen LogP contribution in [0.5, 0.6) is 0 Å². The van der Waals surface area contributed by atoms with E-state index in [0.717, 1.165) is 9.88 Å². The second-order valence-corrected chi connectivity index (χ2v) is 7.51. The number of rotatable bonds is 3. The van der Waals surface area contributed by atoms with Gasteiger partial charge in [0.2, 0.25) is 5.01 Å². The van der Waals surface area contributed by atoms with Crippen LogP contribution in [0.3, 0.4) is 0 Å². The van der Waals surface area contributed by atoms with Crippen LogP contribution in [0.15, 0.2) is 6.20 Å². The molecule has 0 bridgehead atoms. The third-order valence-corrected chi connectivity index (χ3v) is 2.80. The van der Waals surface area contributed by atoms with E-state index in [1.54, 1.807) is 6.20 Å². The van der Waals surface area contributed by atoms with Gasteiger partial charge in [-0.3, -0.25) is 4.79 Å². The van der Waals surface area contributed by atoms with Crippen LogP contribution >= 0.6 is 30.7 Å². The third kappa shape index (κ3) is 14.0. The predicted octanol–water partition coefficient (Wildman–Crippen LogP) is 4.75. The van der Waals surface area contributed by atoms with E-state index in [1.165, 1.54) is 23.3 Å². The summed E-state index contributed by atoms with van der Waals surface area (Å²) in [6, 6.07) is 0. The number of hydrogen-bond acceptors (Lipinski definition) is 2. The van der Waals surface area contributed by atoms with E-state index in [2.05, 4.69) is 4.98 Å². The zero-order valence-corrected chi connectivity index (χ0v) is 13.1. The van der Waals surface area contributed by atoms with Gasteiger partial charge in [-0.1, -0.05) is 22.9 Å². The third-order valence-electron chi connectivity index (χ3n) is 1.68. The number of hydrogen-bond donors (Lipinski definition) is 0. The van der Waals surface area contributed by atoms with Crippen LogP contribution in [0.1, 0.15) is 9.88 Å². The van der Waals surface area contributed by atoms with Crippen LogP contribution in [0, 0.1) is 6.92 Å². The molecule has 126 valence electrons. The number of aromatic nitrogens is 1. The molecule has 13 heteroatoms. The molecule has 0 saturated heterocycles. The van der Waals surface area contributed by atoms with E-state index in [9.17, 15) is 34.4 Å². The predicted molar refractivity (Wildman–Crippen MR) is 66.4 cm³/mol. The van der Waals surface area contributed by atoms with E-state index < -0.39 is 19.3 Å². The quantitative estimate of drug-likeness (QED) is 0.422. The number of nitrogens with one attached hydrogen (secondary N) is 1. The molecule has 1 atom stereocenters. The average molecular weight is 383 g/mol. The summed E-state index contributed by atoms with van der Waals surface area (Å²) in [5.74, 6) is -0.710. The number of thiazole rings is 1. The fourth-order valence-electron chi connectivity index (χ4n) is 0.994. The zero-order chi connectivity index (χ0) is 17.1. The molecule has 1 amide bonds. The van der Waals surface area contributed by atoms with E-state index >= 15 is 0 Å². The molecule has 1 N–H and O–H groups in total. The van der Waals surface area contributed by atoms with Crippen LogP contribution in [-0.2, 0) is 11.3 Å². The maximum atomic E-state index is 12.4. The van der Waals surface area contributed by atoms with Crippen molar-refractivity contribution in [3.63, 3.8) is 0 Å². The van der Waals surface area contributed by atoms with E-state index in [4.69, 9.17) is 11.6 Å². The first-order valence-corrected chi connectivity index (χ1v) is 8.30. The van der Waals surface area contributed by atoms with Crippen molar-refractivity contribution in [2.45, 2.75) is 19.1 Å². The summed E-state index contributed by atoms with van der Waals surface area (Å²) in [4.78, 5) is 16.3. The van der Waals surface area contributed by atoms with Gasteiger partial charge in [0.25, 0.3) is 11.5 Å². The molecule has 0 aliphatic carbocycles. The molecule has 0 aliphatic rings. The van der Waals surface area contributed by atoms with Crippen LogP contribution < -0.4 is 4.98 Å². The minimum absolute atomic E-state index is 0.376. The Morgan fingerprint density at radius 3 is 2.10 bits per heavy atom. The fourth-order valence-corrected chi connectivity index (χ4v) is 2.05. The van der Waals surface area contributed by atoms with Crippen LogP contribution in [0.2, 0.25) is 0 Å². The first kappa shape index (κ1) is 20.3. The number of alkyl halides is 2. The number of carbonyl (C=O) groups excluding carboxylic acids is 1. The molecule has 0 spiro atoms. The zero-order valence-electron chi connectivity index (χ0n) is 10.6. The van der Waals surface area contributed by atoms with Crippen molar-refractivity contribution < 1.29 is 39.4 Å². The molecule has 0 aliphatic heterocycles. The Balaban J connectivity index is 0.000000486. The van der Waals surface area contributed by atoms with Gasteiger partial charge in [-0.05, 0) is 0 Å².